The molecule has 1 aliphatic heterocycles. The van der Waals surface area contributed by atoms with Crippen molar-refractivity contribution in [2.45, 2.75) is 26.2 Å². The Kier molecular flexibility index (Phi) is 4.36. The van der Waals surface area contributed by atoms with Gasteiger partial charge in [0.15, 0.2) is 0 Å². The summed E-state index contributed by atoms with van der Waals surface area (Å²) in [5, 5.41) is 9.49. The average molecular weight is 390 g/mol. The molecule has 0 spiro atoms. The van der Waals surface area contributed by atoms with Crippen LogP contribution in [0.5, 0.6) is 0 Å². The van der Waals surface area contributed by atoms with Crippen molar-refractivity contribution in [3.8, 4) is 10.6 Å². The number of pyridine rings is 1. The zero-order chi connectivity index (χ0) is 19.1. The van der Waals surface area contributed by atoms with E-state index >= 15 is 0 Å². The number of nitrogens with two attached hydrogens (primary N) is 1. The van der Waals surface area contributed by atoms with Gasteiger partial charge in [-0.15, -0.1) is 10.2 Å². The maximum atomic E-state index is 5.76. The highest BCUT2D eigenvalue weighted by molar-refractivity contribution is 7.18. The summed E-state index contributed by atoms with van der Waals surface area (Å²) in [4.78, 5) is 7.44. The molecule has 2 aliphatic rings. The fraction of sp³-hybridized carbons (Fsp3) is 0.318. The van der Waals surface area contributed by atoms with Gasteiger partial charge >= 0.3 is 0 Å². The first-order valence-electron chi connectivity index (χ1n) is 9.82. The molecule has 0 bridgehead atoms. The largest absolute Gasteiger partial charge is 0.374 e. The molecule has 28 heavy (non-hydrogen) atoms. The second kappa shape index (κ2) is 7.02. The van der Waals surface area contributed by atoms with E-state index in [0.717, 1.165) is 47.5 Å². The van der Waals surface area contributed by atoms with Gasteiger partial charge in [0.2, 0.25) is 5.13 Å². The molecule has 2 N–H and O–H groups in total. The SMILES string of the molecule is CC1CCN(c2cccc(C3=CCc4ccc(-c5nnc(N)s5)cc43)n2)CC1. The highest BCUT2D eigenvalue weighted by Crippen LogP contribution is 2.36. The summed E-state index contributed by atoms with van der Waals surface area (Å²) in [5.74, 6) is 1.91. The number of anilines is 2. The quantitative estimate of drug-likeness (QED) is 0.719. The Morgan fingerprint density at radius 1 is 1.11 bits per heavy atom. The van der Waals surface area contributed by atoms with Crippen LogP contribution in [0, 0.1) is 5.92 Å². The van der Waals surface area contributed by atoms with E-state index in [0.29, 0.717) is 5.13 Å². The number of aromatic nitrogens is 3. The van der Waals surface area contributed by atoms with E-state index in [4.69, 9.17) is 10.7 Å². The van der Waals surface area contributed by atoms with Gasteiger partial charge in [-0.2, -0.15) is 0 Å². The lowest BCUT2D eigenvalue weighted by molar-refractivity contribution is 0.436. The smallest absolute Gasteiger partial charge is 0.203 e. The highest BCUT2D eigenvalue weighted by Gasteiger charge is 2.21. The van der Waals surface area contributed by atoms with Gasteiger partial charge < -0.3 is 10.6 Å². The molecule has 1 saturated heterocycles. The Morgan fingerprint density at radius 2 is 1.96 bits per heavy atom. The summed E-state index contributed by atoms with van der Waals surface area (Å²) >= 11 is 1.42. The summed E-state index contributed by atoms with van der Waals surface area (Å²) in [6, 6.07) is 12.9. The summed E-state index contributed by atoms with van der Waals surface area (Å²) in [5.41, 5.74) is 11.6. The van der Waals surface area contributed by atoms with Crippen molar-refractivity contribution >= 4 is 27.9 Å². The third-order valence-corrected chi connectivity index (χ3v) is 6.53. The van der Waals surface area contributed by atoms with Crippen LogP contribution in [0.4, 0.5) is 10.9 Å². The third-order valence-electron chi connectivity index (χ3n) is 5.73. The molecule has 3 heterocycles. The lowest BCUT2D eigenvalue weighted by atomic mass is 9.99. The molecule has 0 saturated carbocycles. The third kappa shape index (κ3) is 3.18. The molecule has 1 fully saturated rings. The monoisotopic (exact) mass is 389 g/mol. The van der Waals surface area contributed by atoms with Gasteiger partial charge in [-0.25, -0.2) is 4.98 Å². The van der Waals surface area contributed by atoms with E-state index in [-0.39, 0.29) is 0 Å². The molecule has 0 amide bonds. The molecule has 5 rings (SSSR count). The van der Waals surface area contributed by atoms with Crippen molar-refractivity contribution in [1.29, 1.82) is 0 Å². The van der Waals surface area contributed by atoms with E-state index in [1.807, 2.05) is 0 Å². The van der Waals surface area contributed by atoms with E-state index < -0.39 is 0 Å². The minimum absolute atomic E-state index is 0.497. The number of allylic oxidation sites excluding steroid dienone is 1. The molecule has 0 radical (unpaired) electrons. The Hall–Kier alpha value is -2.73. The lowest BCUT2D eigenvalue weighted by Gasteiger charge is -2.31. The average Bonchev–Trinajstić information content (AvgIpc) is 3.34. The molecule has 1 aromatic carbocycles. The predicted molar refractivity (Wildman–Crippen MR) is 115 cm³/mol. The number of rotatable bonds is 3. The van der Waals surface area contributed by atoms with Crippen molar-refractivity contribution < 1.29 is 0 Å². The first-order valence-corrected chi connectivity index (χ1v) is 10.6. The number of hydrogen-bond donors (Lipinski definition) is 1. The molecule has 142 valence electrons. The molecular formula is C22H23N5S. The van der Waals surface area contributed by atoms with Gasteiger partial charge in [0.1, 0.15) is 10.8 Å². The number of hydrogen-bond acceptors (Lipinski definition) is 6. The second-order valence-corrected chi connectivity index (χ2v) is 8.70. The van der Waals surface area contributed by atoms with Crippen LogP contribution in [-0.2, 0) is 6.42 Å². The van der Waals surface area contributed by atoms with Crippen LogP contribution < -0.4 is 10.6 Å². The fourth-order valence-electron chi connectivity index (χ4n) is 4.04. The number of fused-ring (bicyclic) bond motifs is 1. The molecule has 6 heteroatoms. The number of nitrogen functional groups attached to an aromatic ring is 1. The van der Waals surface area contributed by atoms with Crippen LogP contribution in [0.1, 0.15) is 36.6 Å². The van der Waals surface area contributed by atoms with Crippen molar-refractivity contribution in [1.82, 2.24) is 15.2 Å². The van der Waals surface area contributed by atoms with Gasteiger partial charge in [0.25, 0.3) is 0 Å². The Labute approximate surface area is 168 Å². The van der Waals surface area contributed by atoms with E-state index in [2.05, 4.69) is 64.5 Å². The minimum Gasteiger partial charge on any atom is -0.374 e. The minimum atomic E-state index is 0.497. The topological polar surface area (TPSA) is 67.9 Å². The Balaban J connectivity index is 1.47. The summed E-state index contributed by atoms with van der Waals surface area (Å²) in [7, 11) is 0. The number of piperidine rings is 1. The van der Waals surface area contributed by atoms with Crippen LogP contribution in [0.2, 0.25) is 0 Å². The zero-order valence-electron chi connectivity index (χ0n) is 15.9. The van der Waals surface area contributed by atoms with Gasteiger partial charge in [-0.3, -0.25) is 0 Å². The Bertz CT molecular complexity index is 1050. The Morgan fingerprint density at radius 3 is 2.75 bits per heavy atom. The van der Waals surface area contributed by atoms with E-state index in [1.54, 1.807) is 0 Å². The molecule has 5 nitrogen and oxygen atoms in total. The summed E-state index contributed by atoms with van der Waals surface area (Å²) < 4.78 is 0. The number of benzene rings is 1. The van der Waals surface area contributed by atoms with Crippen molar-refractivity contribution in [3.05, 3.63) is 59.3 Å². The maximum Gasteiger partial charge on any atom is 0.203 e. The van der Waals surface area contributed by atoms with Crippen molar-refractivity contribution in [2.24, 2.45) is 5.92 Å². The van der Waals surface area contributed by atoms with Crippen LogP contribution in [0.15, 0.2) is 42.5 Å². The van der Waals surface area contributed by atoms with Crippen LogP contribution in [-0.4, -0.2) is 28.3 Å². The second-order valence-electron chi connectivity index (χ2n) is 7.69. The molecule has 1 aliphatic carbocycles. The highest BCUT2D eigenvalue weighted by atomic mass is 32.1. The van der Waals surface area contributed by atoms with Crippen LogP contribution in [0.3, 0.4) is 0 Å². The van der Waals surface area contributed by atoms with Gasteiger partial charge in [0, 0.05) is 24.2 Å². The van der Waals surface area contributed by atoms with Crippen molar-refractivity contribution in [2.75, 3.05) is 23.7 Å². The molecule has 3 aromatic rings. The van der Waals surface area contributed by atoms with Crippen molar-refractivity contribution in [3.63, 3.8) is 0 Å². The zero-order valence-corrected chi connectivity index (χ0v) is 16.7. The van der Waals surface area contributed by atoms with E-state index in [9.17, 15) is 0 Å². The molecule has 0 unspecified atom stereocenters. The first kappa shape index (κ1) is 17.4. The fourth-order valence-corrected chi connectivity index (χ4v) is 4.65. The first-order chi connectivity index (χ1) is 13.7. The van der Waals surface area contributed by atoms with Gasteiger partial charge in [-0.05, 0) is 54.5 Å². The number of nitrogens with zero attached hydrogens (tertiary/aromatic N) is 4. The van der Waals surface area contributed by atoms with Gasteiger partial charge in [0.05, 0.1) is 5.69 Å². The molecular weight excluding hydrogens is 366 g/mol. The van der Waals surface area contributed by atoms with Crippen LogP contribution >= 0.6 is 11.3 Å². The predicted octanol–water partition coefficient (Wildman–Crippen LogP) is 4.41. The maximum absolute atomic E-state index is 5.76. The van der Waals surface area contributed by atoms with Gasteiger partial charge in [-0.1, -0.05) is 42.5 Å². The molecule has 2 aromatic heterocycles. The van der Waals surface area contributed by atoms with E-state index in [1.165, 1.54) is 40.9 Å². The standard InChI is InChI=1S/C22H23N5S/c1-14-9-11-27(12-10-14)20-4-2-3-19(24-20)17-8-7-15-5-6-16(13-18(15)17)21-25-26-22(23)28-21/h2-6,8,13-14H,7,9-12H2,1H3,(H2,23,26). The molecule has 0 atom stereocenters. The van der Waals surface area contributed by atoms with Crippen LogP contribution in [0.25, 0.3) is 16.1 Å². The summed E-state index contributed by atoms with van der Waals surface area (Å²) in [6.45, 7) is 4.52. The normalized spacial score (nSPS) is 16.9. The lowest BCUT2D eigenvalue weighted by Crippen LogP contribution is -2.33. The summed E-state index contributed by atoms with van der Waals surface area (Å²) in [6.07, 6.45) is 5.71.